The highest BCUT2D eigenvalue weighted by Crippen LogP contribution is 2.17. The van der Waals surface area contributed by atoms with Gasteiger partial charge in [0.1, 0.15) is 0 Å². The first-order valence-electron chi connectivity index (χ1n) is 5.31. The van der Waals surface area contributed by atoms with E-state index in [-0.39, 0.29) is 5.91 Å². The summed E-state index contributed by atoms with van der Waals surface area (Å²) in [6.45, 7) is 12.0. The minimum atomic E-state index is -0.281. The van der Waals surface area contributed by atoms with Crippen LogP contribution in [0.1, 0.15) is 33.1 Å². The Hall–Kier alpha value is -1.31. The highest BCUT2D eigenvalue weighted by molar-refractivity contribution is 5.74. The van der Waals surface area contributed by atoms with Crippen molar-refractivity contribution in [3.05, 3.63) is 36.5 Å². The summed E-state index contributed by atoms with van der Waals surface area (Å²) in [4.78, 5) is 10.6. The molecule has 0 rings (SSSR count). The Labute approximate surface area is 92.6 Å². The second-order valence-corrected chi connectivity index (χ2v) is 3.77. The van der Waals surface area contributed by atoms with Crippen molar-refractivity contribution >= 4 is 5.91 Å². The second kappa shape index (κ2) is 7.04. The van der Waals surface area contributed by atoms with Crippen molar-refractivity contribution in [1.82, 2.24) is 0 Å². The minimum Gasteiger partial charge on any atom is -0.370 e. The third kappa shape index (κ3) is 5.89. The molecule has 0 saturated carbocycles. The molecule has 0 aromatic heterocycles. The predicted molar refractivity (Wildman–Crippen MR) is 65.3 cm³/mol. The van der Waals surface area contributed by atoms with E-state index in [1.165, 1.54) is 0 Å². The van der Waals surface area contributed by atoms with Gasteiger partial charge >= 0.3 is 0 Å². The minimum absolute atomic E-state index is 0.281. The van der Waals surface area contributed by atoms with Gasteiger partial charge < -0.3 is 5.73 Å². The molecule has 0 saturated heterocycles. The number of amides is 1. The Morgan fingerprint density at radius 2 is 2.07 bits per heavy atom. The van der Waals surface area contributed by atoms with Gasteiger partial charge in [-0.1, -0.05) is 44.7 Å². The standard InChI is InChI=1S/C13H21NO/c1-5-10(3)11(4)9-12(6-2)7-8-13(14)15/h6,9-10H,2,4-5,7-8H2,1,3H3,(H2,14,15)/b12-9+. The fourth-order valence-corrected chi connectivity index (χ4v) is 1.14. The van der Waals surface area contributed by atoms with Crippen LogP contribution >= 0.6 is 0 Å². The van der Waals surface area contributed by atoms with E-state index in [0.717, 1.165) is 17.6 Å². The molecule has 2 nitrogen and oxygen atoms in total. The van der Waals surface area contributed by atoms with Crippen molar-refractivity contribution < 1.29 is 4.79 Å². The Morgan fingerprint density at radius 3 is 2.47 bits per heavy atom. The van der Waals surface area contributed by atoms with E-state index in [1.807, 2.05) is 6.08 Å². The number of allylic oxidation sites excluding steroid dienone is 4. The van der Waals surface area contributed by atoms with E-state index in [2.05, 4.69) is 27.0 Å². The van der Waals surface area contributed by atoms with Crippen LogP contribution in [0.3, 0.4) is 0 Å². The molecule has 0 aliphatic heterocycles. The molecule has 1 unspecified atom stereocenters. The van der Waals surface area contributed by atoms with E-state index in [9.17, 15) is 4.79 Å². The molecule has 0 spiro atoms. The van der Waals surface area contributed by atoms with Crippen molar-refractivity contribution in [1.29, 1.82) is 0 Å². The lowest BCUT2D eigenvalue weighted by Gasteiger charge is -2.09. The van der Waals surface area contributed by atoms with Crippen LogP contribution in [-0.4, -0.2) is 5.91 Å². The zero-order valence-corrected chi connectivity index (χ0v) is 9.75. The molecule has 0 heterocycles. The van der Waals surface area contributed by atoms with Gasteiger partial charge in [0, 0.05) is 6.42 Å². The molecule has 0 aromatic carbocycles. The van der Waals surface area contributed by atoms with E-state index >= 15 is 0 Å². The molecular weight excluding hydrogens is 186 g/mol. The average molecular weight is 207 g/mol. The molecule has 1 atom stereocenters. The first-order valence-corrected chi connectivity index (χ1v) is 5.31. The van der Waals surface area contributed by atoms with E-state index in [1.54, 1.807) is 6.08 Å². The van der Waals surface area contributed by atoms with Crippen LogP contribution in [0.25, 0.3) is 0 Å². The highest BCUT2D eigenvalue weighted by atomic mass is 16.1. The largest absolute Gasteiger partial charge is 0.370 e. The predicted octanol–water partition coefficient (Wildman–Crippen LogP) is 2.97. The van der Waals surface area contributed by atoms with Gasteiger partial charge in [-0.05, 0) is 24.3 Å². The number of hydrogen-bond donors (Lipinski definition) is 1. The molecule has 0 fully saturated rings. The van der Waals surface area contributed by atoms with Crippen LogP contribution in [0.2, 0.25) is 0 Å². The maximum absolute atomic E-state index is 10.6. The summed E-state index contributed by atoms with van der Waals surface area (Å²) in [6, 6.07) is 0. The van der Waals surface area contributed by atoms with Gasteiger partial charge in [-0.25, -0.2) is 0 Å². The Morgan fingerprint density at radius 1 is 1.47 bits per heavy atom. The van der Waals surface area contributed by atoms with Crippen LogP contribution in [0.5, 0.6) is 0 Å². The smallest absolute Gasteiger partial charge is 0.217 e. The molecular formula is C13H21NO. The maximum atomic E-state index is 10.6. The lowest BCUT2D eigenvalue weighted by atomic mass is 9.96. The summed E-state index contributed by atoms with van der Waals surface area (Å²) in [5.41, 5.74) is 7.20. The van der Waals surface area contributed by atoms with Gasteiger partial charge in [0.2, 0.25) is 5.91 Å². The molecule has 0 aliphatic rings. The van der Waals surface area contributed by atoms with Gasteiger partial charge in [-0.2, -0.15) is 0 Å². The normalized spacial score (nSPS) is 13.3. The molecule has 0 aromatic rings. The Balaban J connectivity index is 4.38. The first-order chi connectivity index (χ1) is 7.01. The topological polar surface area (TPSA) is 43.1 Å². The quantitative estimate of drug-likeness (QED) is 0.641. The molecule has 0 aliphatic carbocycles. The van der Waals surface area contributed by atoms with Gasteiger partial charge in [0.25, 0.3) is 0 Å². The van der Waals surface area contributed by atoms with Gasteiger partial charge in [-0.3, -0.25) is 4.79 Å². The van der Waals surface area contributed by atoms with Crippen molar-refractivity contribution in [2.75, 3.05) is 0 Å². The van der Waals surface area contributed by atoms with Gasteiger partial charge in [0.15, 0.2) is 0 Å². The molecule has 84 valence electrons. The second-order valence-electron chi connectivity index (χ2n) is 3.77. The fraction of sp³-hybridized carbons (Fsp3) is 0.462. The number of rotatable bonds is 7. The summed E-state index contributed by atoms with van der Waals surface area (Å²) < 4.78 is 0. The first kappa shape index (κ1) is 13.7. The molecule has 15 heavy (non-hydrogen) atoms. The average Bonchev–Trinajstić information content (AvgIpc) is 2.22. The molecule has 1 amide bonds. The van der Waals surface area contributed by atoms with Crippen LogP contribution in [0.15, 0.2) is 36.5 Å². The lowest BCUT2D eigenvalue weighted by molar-refractivity contribution is -0.117. The number of nitrogens with two attached hydrogens (primary N) is 1. The van der Waals surface area contributed by atoms with E-state index < -0.39 is 0 Å². The van der Waals surface area contributed by atoms with E-state index in [4.69, 9.17) is 5.73 Å². The number of hydrogen-bond acceptors (Lipinski definition) is 1. The zero-order chi connectivity index (χ0) is 11.8. The molecule has 0 radical (unpaired) electrons. The van der Waals surface area contributed by atoms with E-state index in [0.29, 0.717) is 18.8 Å². The summed E-state index contributed by atoms with van der Waals surface area (Å²) >= 11 is 0. The fourth-order valence-electron chi connectivity index (χ4n) is 1.14. The van der Waals surface area contributed by atoms with Crippen molar-refractivity contribution in [2.45, 2.75) is 33.1 Å². The number of carbonyl (C=O) groups is 1. The van der Waals surface area contributed by atoms with Gasteiger partial charge in [-0.15, -0.1) is 0 Å². The highest BCUT2D eigenvalue weighted by Gasteiger charge is 2.03. The Bertz CT molecular complexity index is 276. The number of carbonyl (C=O) groups excluding carboxylic acids is 1. The SMILES string of the molecule is C=C/C(=C\C(=C)C(C)CC)CCC(N)=O. The van der Waals surface area contributed by atoms with Crippen molar-refractivity contribution in [3.8, 4) is 0 Å². The summed E-state index contributed by atoms with van der Waals surface area (Å²) in [6.07, 6.45) is 5.84. The van der Waals surface area contributed by atoms with Crippen molar-refractivity contribution in [3.63, 3.8) is 0 Å². The van der Waals surface area contributed by atoms with Crippen LogP contribution in [0.4, 0.5) is 0 Å². The lowest BCUT2D eigenvalue weighted by Crippen LogP contribution is -2.10. The van der Waals surface area contributed by atoms with Gasteiger partial charge in [0.05, 0.1) is 0 Å². The summed E-state index contributed by atoms with van der Waals surface area (Å²) in [5, 5.41) is 0. The molecule has 2 N–H and O–H groups in total. The summed E-state index contributed by atoms with van der Waals surface area (Å²) in [7, 11) is 0. The maximum Gasteiger partial charge on any atom is 0.217 e. The third-order valence-corrected chi connectivity index (χ3v) is 2.54. The third-order valence-electron chi connectivity index (χ3n) is 2.54. The monoisotopic (exact) mass is 207 g/mol. The number of primary amides is 1. The zero-order valence-electron chi connectivity index (χ0n) is 9.75. The molecule has 2 heteroatoms. The Kier molecular flexibility index (Phi) is 6.43. The van der Waals surface area contributed by atoms with Crippen LogP contribution in [-0.2, 0) is 4.79 Å². The molecule has 0 bridgehead atoms. The van der Waals surface area contributed by atoms with Crippen LogP contribution in [0, 0.1) is 5.92 Å². The van der Waals surface area contributed by atoms with Crippen LogP contribution < -0.4 is 5.73 Å². The van der Waals surface area contributed by atoms with Crippen molar-refractivity contribution in [2.24, 2.45) is 11.7 Å². The summed E-state index contributed by atoms with van der Waals surface area (Å²) in [5.74, 6) is 0.186.